The Balaban J connectivity index is 0.000000290. The van der Waals surface area contributed by atoms with E-state index >= 15 is 0 Å². The Kier molecular flexibility index (Phi) is 18.7. The van der Waals surface area contributed by atoms with Gasteiger partial charge in [-0.15, -0.1) is 0 Å². The Labute approximate surface area is 243 Å². The topological polar surface area (TPSA) is 275 Å². The first-order valence-corrected chi connectivity index (χ1v) is 13.6. The van der Waals surface area contributed by atoms with Crippen molar-refractivity contribution in [3.8, 4) is 0 Å². The quantitative estimate of drug-likeness (QED) is 0.114. The van der Waals surface area contributed by atoms with Crippen LogP contribution < -0.4 is 0 Å². The minimum Gasteiger partial charge on any atom is -0.394 e. The van der Waals surface area contributed by atoms with E-state index in [0.717, 1.165) is 0 Å². The number of carbonyl (C=O) groups excluding carboxylic acids is 1. The van der Waals surface area contributed by atoms with Crippen LogP contribution in [0.15, 0.2) is 0 Å². The van der Waals surface area contributed by atoms with Gasteiger partial charge in [-0.1, -0.05) is 0 Å². The van der Waals surface area contributed by atoms with E-state index in [2.05, 4.69) is 9.47 Å². The highest BCUT2D eigenvalue weighted by atomic mass is 16.7. The van der Waals surface area contributed by atoms with Gasteiger partial charge < -0.3 is 84.3 Å². The number of hydrogen-bond donors (Lipinski definition) is 10. The van der Waals surface area contributed by atoms with Gasteiger partial charge in [-0.25, -0.2) is 0 Å². The fourth-order valence-corrected chi connectivity index (χ4v) is 3.80. The second kappa shape index (κ2) is 20.1. The summed E-state index contributed by atoms with van der Waals surface area (Å²) in [5.41, 5.74) is 0. The van der Waals surface area contributed by atoms with Gasteiger partial charge in [-0.2, -0.15) is 0 Å². The summed E-state index contributed by atoms with van der Waals surface area (Å²) in [6.07, 6.45) is -7.24. The molecule has 0 aromatic rings. The van der Waals surface area contributed by atoms with Gasteiger partial charge in [0, 0.05) is 25.7 Å². The maximum absolute atomic E-state index is 9.88. The van der Waals surface area contributed by atoms with Crippen molar-refractivity contribution in [2.75, 3.05) is 39.6 Å². The number of ether oxygens (including phenoxy) is 6. The van der Waals surface area contributed by atoms with Crippen LogP contribution in [0.5, 0.6) is 0 Å². The number of aldehydes is 1. The third-order valence-corrected chi connectivity index (χ3v) is 6.28. The van der Waals surface area contributed by atoms with E-state index in [1.807, 2.05) is 13.8 Å². The molecule has 250 valence electrons. The molecule has 17 nitrogen and oxygen atoms in total. The monoisotopic (exact) mass is 620 g/mol. The van der Waals surface area contributed by atoms with Gasteiger partial charge in [0.15, 0.2) is 24.7 Å². The zero-order valence-electron chi connectivity index (χ0n) is 23.8. The van der Waals surface area contributed by atoms with Gasteiger partial charge in [-0.05, 0) is 13.8 Å². The van der Waals surface area contributed by atoms with Crippen LogP contribution in [0.25, 0.3) is 0 Å². The summed E-state index contributed by atoms with van der Waals surface area (Å²) in [6, 6.07) is 0. The molecule has 0 spiro atoms. The van der Waals surface area contributed by atoms with Crippen LogP contribution in [0.2, 0.25) is 0 Å². The minimum atomic E-state index is -1.20. The van der Waals surface area contributed by atoms with Crippen LogP contribution in [-0.4, -0.2) is 170 Å². The van der Waals surface area contributed by atoms with Crippen molar-refractivity contribution in [3.05, 3.63) is 0 Å². The van der Waals surface area contributed by atoms with Crippen molar-refractivity contribution in [2.45, 2.75) is 113 Å². The van der Waals surface area contributed by atoms with Crippen LogP contribution in [0.1, 0.15) is 39.5 Å². The fraction of sp³-hybridized carbons (Fsp3) is 0.960. The summed E-state index contributed by atoms with van der Waals surface area (Å²) in [7, 11) is 0. The van der Waals surface area contributed by atoms with Gasteiger partial charge in [0.2, 0.25) is 0 Å². The largest absolute Gasteiger partial charge is 0.394 e. The molecule has 4 rings (SSSR count). The molecule has 4 aliphatic rings. The average Bonchev–Trinajstić information content (AvgIpc) is 3.66. The van der Waals surface area contributed by atoms with Crippen LogP contribution in [-0.2, 0) is 33.2 Å². The van der Waals surface area contributed by atoms with Gasteiger partial charge in [0.1, 0.15) is 30.7 Å². The smallest absolute Gasteiger partial charge is 0.163 e. The summed E-state index contributed by atoms with van der Waals surface area (Å²) < 4.78 is 30.7. The normalized spacial score (nSPS) is 34.5. The van der Waals surface area contributed by atoms with Crippen molar-refractivity contribution in [1.82, 2.24) is 0 Å². The number of hydrogen-bond acceptors (Lipinski definition) is 17. The van der Waals surface area contributed by atoms with E-state index in [4.69, 9.17) is 64.9 Å². The number of carbonyl (C=O) groups is 1. The molecule has 0 aromatic heterocycles. The highest BCUT2D eigenvalue weighted by molar-refractivity contribution is 5.50. The SMILES string of the molecule is CC1(C)OC[C@@H]([C@H](O)CC2OCCO2)O1.O=CCC(O)C(O)CO.OC1C[C@@H](O)[C@@H](O)CO1.OC[C@@H]1OC(O)C[C@H]1O. The van der Waals surface area contributed by atoms with E-state index in [1.165, 1.54) is 0 Å². The summed E-state index contributed by atoms with van der Waals surface area (Å²) in [5.74, 6) is -0.594. The molecule has 4 saturated heterocycles. The van der Waals surface area contributed by atoms with Crippen molar-refractivity contribution in [2.24, 2.45) is 0 Å². The molecule has 17 heteroatoms. The first-order chi connectivity index (χ1) is 19.7. The molecule has 0 radical (unpaired) electrons. The van der Waals surface area contributed by atoms with Crippen molar-refractivity contribution >= 4 is 6.29 Å². The molecule has 4 fully saturated rings. The van der Waals surface area contributed by atoms with Crippen LogP contribution >= 0.6 is 0 Å². The van der Waals surface area contributed by atoms with Gasteiger partial charge in [0.25, 0.3) is 0 Å². The first-order valence-electron chi connectivity index (χ1n) is 13.6. The fourth-order valence-electron chi connectivity index (χ4n) is 3.80. The standard InChI is InChI=1S/C10H18O5.3C5H10O4/c1-10(2)14-6-8(15-10)7(11)5-9-12-3-4-13-9;6-3-1-5(8)9-2-4(3)7;6-2-4-3(7)1-5(8)9-4;6-2-1-4(8)5(9)3-7/h7-9,11H,3-6H2,1-2H3;2*3-8H,1-2H2;2,4-5,7-9H,1,3H2/t7-,8+;2*3-,4+,5?;/m111./s1. The Morgan fingerprint density at radius 1 is 0.833 bits per heavy atom. The lowest BCUT2D eigenvalue weighted by Crippen LogP contribution is -2.40. The molecule has 4 aliphatic heterocycles. The average molecular weight is 621 g/mol. The lowest BCUT2D eigenvalue weighted by molar-refractivity contribution is -0.193. The molecule has 0 bridgehead atoms. The third kappa shape index (κ3) is 15.2. The summed E-state index contributed by atoms with van der Waals surface area (Å²) in [6.45, 7) is 4.55. The predicted octanol–water partition coefficient (Wildman–Crippen LogP) is -4.55. The molecule has 4 heterocycles. The number of rotatable bonds is 8. The minimum absolute atomic E-state index is 0.0162. The summed E-state index contributed by atoms with van der Waals surface area (Å²) in [5, 5.41) is 87.8. The molecular formula is C25H48O17. The van der Waals surface area contributed by atoms with Gasteiger partial charge in [0.05, 0.1) is 64.1 Å². The van der Waals surface area contributed by atoms with Crippen LogP contribution in [0.4, 0.5) is 0 Å². The lowest BCUT2D eigenvalue weighted by atomic mass is 10.1. The highest BCUT2D eigenvalue weighted by Gasteiger charge is 2.38. The highest BCUT2D eigenvalue weighted by Crippen LogP contribution is 2.26. The summed E-state index contributed by atoms with van der Waals surface area (Å²) in [4.78, 5) is 9.68. The Bertz CT molecular complexity index is 706. The zero-order valence-corrected chi connectivity index (χ0v) is 23.8. The lowest BCUT2D eigenvalue weighted by Gasteiger charge is -2.26. The summed E-state index contributed by atoms with van der Waals surface area (Å²) >= 11 is 0. The molecule has 0 saturated carbocycles. The Morgan fingerprint density at radius 2 is 1.45 bits per heavy atom. The van der Waals surface area contributed by atoms with E-state index in [0.29, 0.717) is 32.5 Å². The molecule has 0 aliphatic carbocycles. The third-order valence-electron chi connectivity index (χ3n) is 6.28. The van der Waals surface area contributed by atoms with E-state index in [9.17, 15) is 9.90 Å². The maximum atomic E-state index is 9.88. The second-order valence-electron chi connectivity index (χ2n) is 10.3. The number of aliphatic hydroxyl groups is 10. The van der Waals surface area contributed by atoms with E-state index in [-0.39, 0.29) is 44.9 Å². The molecule has 4 unspecified atom stereocenters. The zero-order chi connectivity index (χ0) is 31.9. The van der Waals surface area contributed by atoms with Crippen LogP contribution in [0.3, 0.4) is 0 Å². The first kappa shape index (κ1) is 39.1. The number of aliphatic hydroxyl groups excluding tert-OH is 10. The molecule has 10 N–H and O–H groups in total. The molecule has 10 atom stereocenters. The Hall–Kier alpha value is -0.970. The maximum Gasteiger partial charge on any atom is 0.163 e. The van der Waals surface area contributed by atoms with E-state index in [1.54, 1.807) is 0 Å². The Morgan fingerprint density at radius 3 is 1.86 bits per heavy atom. The van der Waals surface area contributed by atoms with Gasteiger partial charge >= 0.3 is 0 Å². The molecule has 42 heavy (non-hydrogen) atoms. The van der Waals surface area contributed by atoms with Crippen molar-refractivity contribution in [3.63, 3.8) is 0 Å². The molecular weight excluding hydrogens is 572 g/mol. The predicted molar refractivity (Wildman–Crippen MR) is 138 cm³/mol. The van der Waals surface area contributed by atoms with E-state index < -0.39 is 67.7 Å². The molecule has 0 aromatic carbocycles. The molecule has 0 amide bonds. The van der Waals surface area contributed by atoms with Crippen molar-refractivity contribution in [1.29, 1.82) is 0 Å². The van der Waals surface area contributed by atoms with Crippen LogP contribution in [0, 0.1) is 0 Å². The van der Waals surface area contributed by atoms with Crippen molar-refractivity contribution < 1.29 is 84.3 Å². The van der Waals surface area contributed by atoms with Gasteiger partial charge in [-0.3, -0.25) is 0 Å². The second-order valence-corrected chi connectivity index (χ2v) is 10.3.